The summed E-state index contributed by atoms with van der Waals surface area (Å²) in [7, 11) is 0. The van der Waals surface area contributed by atoms with Crippen molar-refractivity contribution in [2.75, 3.05) is 6.54 Å². The molecule has 0 unspecified atom stereocenters. The summed E-state index contributed by atoms with van der Waals surface area (Å²) in [5.41, 5.74) is 1.14. The zero-order valence-electron chi connectivity index (χ0n) is 13.7. The van der Waals surface area contributed by atoms with Crippen molar-refractivity contribution in [1.29, 1.82) is 0 Å². The lowest BCUT2D eigenvalue weighted by molar-refractivity contribution is 0.135. The summed E-state index contributed by atoms with van der Waals surface area (Å²) >= 11 is 0. The Hall–Kier alpha value is -1.58. The molecule has 2 atom stereocenters. The molecule has 22 heavy (non-hydrogen) atoms. The number of nitrogens with one attached hydrogen (secondary N) is 1. The minimum Gasteiger partial charge on any atom is -0.331 e. The molecule has 0 bridgehead atoms. The van der Waals surface area contributed by atoms with Crippen LogP contribution in [0.1, 0.15) is 57.6 Å². The van der Waals surface area contributed by atoms with Crippen LogP contribution >= 0.6 is 0 Å². The number of rotatable bonds is 4. The second-order valence-corrected chi connectivity index (χ2v) is 7.05. The van der Waals surface area contributed by atoms with Gasteiger partial charge in [-0.05, 0) is 55.2 Å². The molecule has 0 aromatic carbocycles. The van der Waals surface area contributed by atoms with E-state index in [1.165, 1.54) is 25.7 Å². The van der Waals surface area contributed by atoms with Crippen LogP contribution in [0.15, 0.2) is 24.5 Å². The van der Waals surface area contributed by atoms with Crippen molar-refractivity contribution >= 4 is 6.03 Å². The lowest BCUT2D eigenvalue weighted by Crippen LogP contribution is -2.48. The SMILES string of the molecule is CC(C)[C@@H](NC(=O)N1CCC[C@H]1C1CCC1)c1ccncc1. The second-order valence-electron chi connectivity index (χ2n) is 7.05. The molecular weight excluding hydrogens is 274 g/mol. The third kappa shape index (κ3) is 3.11. The number of urea groups is 1. The van der Waals surface area contributed by atoms with E-state index in [9.17, 15) is 4.79 Å². The Labute approximate surface area is 133 Å². The van der Waals surface area contributed by atoms with E-state index >= 15 is 0 Å². The van der Waals surface area contributed by atoms with E-state index in [1.807, 2.05) is 12.1 Å². The monoisotopic (exact) mass is 301 g/mol. The Morgan fingerprint density at radius 3 is 2.55 bits per heavy atom. The molecule has 1 saturated heterocycles. The summed E-state index contributed by atoms with van der Waals surface area (Å²) in [6.07, 6.45) is 9.85. The summed E-state index contributed by atoms with van der Waals surface area (Å²) in [5.74, 6) is 1.10. The average molecular weight is 301 g/mol. The lowest BCUT2D eigenvalue weighted by Gasteiger charge is -2.38. The standard InChI is InChI=1S/C18H27N3O/c1-13(2)17(15-8-10-19-11-9-15)20-18(22)21-12-4-7-16(21)14-5-3-6-14/h8-11,13-14,16-17H,3-7,12H2,1-2H3,(H,20,22)/t16-,17+/m0/s1. The number of carbonyl (C=O) groups is 1. The fourth-order valence-corrected chi connectivity index (χ4v) is 3.78. The molecule has 1 aromatic heterocycles. The molecule has 1 aliphatic carbocycles. The van der Waals surface area contributed by atoms with E-state index in [1.54, 1.807) is 12.4 Å². The first kappa shape index (κ1) is 15.3. The van der Waals surface area contributed by atoms with Gasteiger partial charge in [-0.25, -0.2) is 4.79 Å². The Balaban J connectivity index is 1.68. The zero-order valence-corrected chi connectivity index (χ0v) is 13.7. The van der Waals surface area contributed by atoms with Crippen molar-refractivity contribution in [2.45, 2.75) is 58.0 Å². The molecule has 2 fully saturated rings. The van der Waals surface area contributed by atoms with Crippen LogP contribution in [0.25, 0.3) is 0 Å². The van der Waals surface area contributed by atoms with E-state index in [0.29, 0.717) is 12.0 Å². The molecule has 4 nitrogen and oxygen atoms in total. The van der Waals surface area contributed by atoms with Gasteiger partial charge in [0, 0.05) is 25.0 Å². The third-order valence-corrected chi connectivity index (χ3v) is 5.26. The highest BCUT2D eigenvalue weighted by molar-refractivity contribution is 5.75. The number of nitrogens with zero attached hydrogens (tertiary/aromatic N) is 2. The molecule has 1 aliphatic heterocycles. The van der Waals surface area contributed by atoms with Crippen LogP contribution in [0.4, 0.5) is 4.79 Å². The van der Waals surface area contributed by atoms with Gasteiger partial charge in [0.05, 0.1) is 6.04 Å². The van der Waals surface area contributed by atoms with Crippen LogP contribution in [-0.4, -0.2) is 28.5 Å². The van der Waals surface area contributed by atoms with E-state index in [2.05, 4.69) is 29.0 Å². The van der Waals surface area contributed by atoms with Crippen LogP contribution in [0.5, 0.6) is 0 Å². The first-order chi connectivity index (χ1) is 10.7. The Kier molecular flexibility index (Phi) is 4.65. The van der Waals surface area contributed by atoms with Crippen LogP contribution in [-0.2, 0) is 0 Å². The van der Waals surface area contributed by atoms with Crippen molar-refractivity contribution in [3.05, 3.63) is 30.1 Å². The molecule has 0 radical (unpaired) electrons. The van der Waals surface area contributed by atoms with Gasteiger partial charge in [-0.2, -0.15) is 0 Å². The first-order valence-electron chi connectivity index (χ1n) is 8.64. The molecule has 1 N–H and O–H groups in total. The molecule has 3 rings (SSSR count). The highest BCUT2D eigenvalue weighted by Crippen LogP contribution is 2.37. The maximum atomic E-state index is 12.8. The Morgan fingerprint density at radius 1 is 1.23 bits per heavy atom. The molecule has 1 saturated carbocycles. The average Bonchev–Trinajstić information content (AvgIpc) is 2.92. The number of hydrogen-bond donors (Lipinski definition) is 1. The molecule has 4 heteroatoms. The minimum atomic E-state index is 0.0538. The number of carbonyl (C=O) groups excluding carboxylic acids is 1. The smallest absolute Gasteiger partial charge is 0.318 e. The van der Waals surface area contributed by atoms with Gasteiger partial charge in [-0.3, -0.25) is 4.98 Å². The number of aromatic nitrogens is 1. The van der Waals surface area contributed by atoms with Gasteiger partial charge in [-0.15, -0.1) is 0 Å². The third-order valence-electron chi connectivity index (χ3n) is 5.26. The van der Waals surface area contributed by atoms with Crippen LogP contribution in [0.3, 0.4) is 0 Å². The summed E-state index contributed by atoms with van der Waals surface area (Å²) in [4.78, 5) is 19.0. The maximum Gasteiger partial charge on any atom is 0.318 e. The second kappa shape index (κ2) is 6.67. The molecule has 0 spiro atoms. The fourth-order valence-electron chi connectivity index (χ4n) is 3.78. The summed E-state index contributed by atoms with van der Waals surface area (Å²) in [5, 5.41) is 3.27. The molecular formula is C18H27N3O. The fraction of sp³-hybridized carbons (Fsp3) is 0.667. The van der Waals surface area contributed by atoms with E-state index in [-0.39, 0.29) is 12.1 Å². The van der Waals surface area contributed by atoms with E-state index < -0.39 is 0 Å². The zero-order chi connectivity index (χ0) is 15.5. The predicted octanol–water partition coefficient (Wildman–Crippen LogP) is 3.75. The number of pyridine rings is 1. The van der Waals surface area contributed by atoms with Crippen molar-refractivity contribution in [3.63, 3.8) is 0 Å². The number of likely N-dealkylation sites (tertiary alicyclic amines) is 1. The summed E-state index contributed by atoms with van der Waals surface area (Å²) < 4.78 is 0. The summed E-state index contributed by atoms with van der Waals surface area (Å²) in [6.45, 7) is 5.21. The van der Waals surface area contributed by atoms with E-state index in [4.69, 9.17) is 0 Å². The maximum absolute atomic E-state index is 12.8. The molecule has 2 aliphatic rings. The van der Waals surface area contributed by atoms with Crippen LogP contribution in [0.2, 0.25) is 0 Å². The normalized spacial score (nSPS) is 23.4. The minimum absolute atomic E-state index is 0.0538. The van der Waals surface area contributed by atoms with E-state index in [0.717, 1.165) is 24.4 Å². The summed E-state index contributed by atoms with van der Waals surface area (Å²) in [6, 6.07) is 4.64. The largest absolute Gasteiger partial charge is 0.331 e. The topological polar surface area (TPSA) is 45.2 Å². The highest BCUT2D eigenvalue weighted by atomic mass is 16.2. The molecule has 2 amide bonds. The Morgan fingerprint density at radius 2 is 1.95 bits per heavy atom. The first-order valence-corrected chi connectivity index (χ1v) is 8.64. The molecule has 120 valence electrons. The highest BCUT2D eigenvalue weighted by Gasteiger charge is 2.37. The van der Waals surface area contributed by atoms with Crippen LogP contribution < -0.4 is 5.32 Å². The predicted molar refractivity (Wildman–Crippen MR) is 87.4 cm³/mol. The van der Waals surface area contributed by atoms with Gasteiger partial charge in [0.1, 0.15) is 0 Å². The quantitative estimate of drug-likeness (QED) is 0.920. The number of hydrogen-bond acceptors (Lipinski definition) is 2. The van der Waals surface area contributed by atoms with Crippen molar-refractivity contribution in [1.82, 2.24) is 15.2 Å². The van der Waals surface area contributed by atoms with Crippen molar-refractivity contribution < 1.29 is 4.79 Å². The number of amides is 2. The van der Waals surface area contributed by atoms with Crippen LogP contribution in [0, 0.1) is 11.8 Å². The van der Waals surface area contributed by atoms with Gasteiger partial charge in [0.2, 0.25) is 0 Å². The van der Waals surface area contributed by atoms with Crippen molar-refractivity contribution in [2.24, 2.45) is 11.8 Å². The van der Waals surface area contributed by atoms with Gasteiger partial charge in [-0.1, -0.05) is 20.3 Å². The Bertz CT molecular complexity index is 498. The lowest BCUT2D eigenvalue weighted by atomic mass is 9.79. The molecule has 2 heterocycles. The van der Waals surface area contributed by atoms with Gasteiger partial charge >= 0.3 is 6.03 Å². The molecule has 1 aromatic rings. The van der Waals surface area contributed by atoms with Gasteiger partial charge < -0.3 is 10.2 Å². The van der Waals surface area contributed by atoms with Gasteiger partial charge in [0.15, 0.2) is 0 Å². The van der Waals surface area contributed by atoms with Crippen molar-refractivity contribution in [3.8, 4) is 0 Å². The van der Waals surface area contributed by atoms with Gasteiger partial charge in [0.25, 0.3) is 0 Å².